The van der Waals surface area contributed by atoms with Gasteiger partial charge in [0.1, 0.15) is 18.1 Å². The van der Waals surface area contributed by atoms with E-state index < -0.39 is 5.97 Å². The molecule has 136 valence electrons. The summed E-state index contributed by atoms with van der Waals surface area (Å²) in [6.45, 7) is 9.83. The number of rotatable bonds is 7. The molecule has 0 saturated carbocycles. The summed E-state index contributed by atoms with van der Waals surface area (Å²) in [7, 11) is 0. The van der Waals surface area contributed by atoms with E-state index in [2.05, 4.69) is 17.7 Å². The molecule has 4 nitrogen and oxygen atoms in total. The monoisotopic (exact) mass is 358 g/mol. The maximum atomic E-state index is 11.9. The molecule has 1 aromatic heterocycles. The Bertz CT molecular complexity index is 957. The molecule has 2 aromatic carbocycles. The van der Waals surface area contributed by atoms with Crippen molar-refractivity contribution in [2.75, 3.05) is 0 Å². The summed E-state index contributed by atoms with van der Waals surface area (Å²) >= 11 is 0. The van der Waals surface area contributed by atoms with Crippen LogP contribution >= 0.6 is 0 Å². The van der Waals surface area contributed by atoms with Gasteiger partial charge in [-0.1, -0.05) is 73.3 Å². The predicted molar refractivity (Wildman–Crippen MR) is 108 cm³/mol. The second-order valence-electron chi connectivity index (χ2n) is 6.22. The van der Waals surface area contributed by atoms with E-state index in [-0.39, 0.29) is 6.61 Å². The van der Waals surface area contributed by atoms with Crippen LogP contribution in [0.5, 0.6) is 0 Å². The van der Waals surface area contributed by atoms with Crippen LogP contribution in [-0.2, 0) is 22.7 Å². The first kappa shape index (κ1) is 18.4. The standard InChI is InChI=1S/C23H22N2O2/c1-4-15-25-21(18-11-7-5-8-12-18)20(16-27-23(26)17(2)3)24-22(25)19-13-9-6-10-14-19/h4-14H,1-2,15-16H2,3H3. The molecule has 0 aliphatic heterocycles. The maximum Gasteiger partial charge on any atom is 0.333 e. The number of hydrogen-bond acceptors (Lipinski definition) is 3. The van der Waals surface area contributed by atoms with E-state index in [1.807, 2.05) is 66.7 Å². The fourth-order valence-electron chi connectivity index (χ4n) is 2.89. The Hall–Kier alpha value is -3.40. The molecule has 0 saturated heterocycles. The highest BCUT2D eigenvalue weighted by molar-refractivity contribution is 5.87. The summed E-state index contributed by atoms with van der Waals surface area (Å²) in [5, 5.41) is 0. The van der Waals surface area contributed by atoms with E-state index in [0.717, 1.165) is 22.6 Å². The molecule has 4 heteroatoms. The van der Waals surface area contributed by atoms with Gasteiger partial charge < -0.3 is 9.30 Å². The Balaban J connectivity index is 2.14. The quantitative estimate of drug-likeness (QED) is 0.338. The van der Waals surface area contributed by atoms with Crippen LogP contribution in [0.4, 0.5) is 0 Å². The summed E-state index contributed by atoms with van der Waals surface area (Å²) in [5.41, 5.74) is 4.00. The number of imidazole rings is 1. The van der Waals surface area contributed by atoms with Gasteiger partial charge in [0, 0.05) is 23.2 Å². The lowest BCUT2D eigenvalue weighted by Crippen LogP contribution is -2.06. The van der Waals surface area contributed by atoms with Gasteiger partial charge >= 0.3 is 5.97 Å². The average Bonchev–Trinajstić information content (AvgIpc) is 3.06. The van der Waals surface area contributed by atoms with E-state index in [0.29, 0.717) is 17.8 Å². The Morgan fingerprint density at radius 1 is 1.07 bits per heavy atom. The number of allylic oxidation sites excluding steroid dienone is 1. The van der Waals surface area contributed by atoms with Gasteiger partial charge in [-0.3, -0.25) is 0 Å². The van der Waals surface area contributed by atoms with E-state index in [9.17, 15) is 4.79 Å². The molecule has 0 bridgehead atoms. The molecule has 0 fully saturated rings. The van der Waals surface area contributed by atoms with Gasteiger partial charge in [0.25, 0.3) is 0 Å². The van der Waals surface area contributed by atoms with Crippen LogP contribution in [-0.4, -0.2) is 15.5 Å². The molecule has 0 radical (unpaired) electrons. The Morgan fingerprint density at radius 3 is 2.22 bits per heavy atom. The van der Waals surface area contributed by atoms with Crippen molar-refractivity contribution in [1.29, 1.82) is 0 Å². The Morgan fingerprint density at radius 2 is 1.67 bits per heavy atom. The molecule has 3 aromatic rings. The van der Waals surface area contributed by atoms with Gasteiger partial charge in [-0.15, -0.1) is 6.58 Å². The minimum atomic E-state index is -0.423. The van der Waals surface area contributed by atoms with Crippen LogP contribution in [0.3, 0.4) is 0 Å². The molecule has 27 heavy (non-hydrogen) atoms. The van der Waals surface area contributed by atoms with Crippen molar-refractivity contribution in [3.63, 3.8) is 0 Å². The lowest BCUT2D eigenvalue weighted by atomic mass is 10.1. The highest BCUT2D eigenvalue weighted by Gasteiger charge is 2.20. The highest BCUT2D eigenvalue weighted by atomic mass is 16.5. The number of nitrogens with zero attached hydrogens (tertiary/aromatic N) is 2. The number of benzene rings is 2. The number of carbonyl (C=O) groups is 1. The third-order valence-electron chi connectivity index (χ3n) is 4.12. The van der Waals surface area contributed by atoms with Gasteiger partial charge in [-0.05, 0) is 6.92 Å². The fourth-order valence-corrected chi connectivity index (χ4v) is 2.89. The topological polar surface area (TPSA) is 44.1 Å². The van der Waals surface area contributed by atoms with E-state index in [1.54, 1.807) is 6.92 Å². The Labute approximate surface area is 159 Å². The normalized spacial score (nSPS) is 10.4. The smallest absolute Gasteiger partial charge is 0.333 e. The Kier molecular flexibility index (Phi) is 5.67. The molecule has 0 unspecified atom stereocenters. The first-order chi connectivity index (χ1) is 13.1. The van der Waals surface area contributed by atoms with Crippen molar-refractivity contribution in [3.8, 4) is 22.6 Å². The van der Waals surface area contributed by atoms with Crippen LogP contribution in [0, 0.1) is 0 Å². The zero-order valence-electron chi connectivity index (χ0n) is 15.4. The summed E-state index contributed by atoms with van der Waals surface area (Å²) in [6, 6.07) is 19.9. The van der Waals surface area contributed by atoms with Crippen LogP contribution in [0.25, 0.3) is 22.6 Å². The maximum absolute atomic E-state index is 11.9. The minimum absolute atomic E-state index is 0.0832. The molecule has 0 spiro atoms. The number of aromatic nitrogens is 2. The first-order valence-electron chi connectivity index (χ1n) is 8.75. The molecule has 0 atom stereocenters. The van der Waals surface area contributed by atoms with E-state index >= 15 is 0 Å². The average molecular weight is 358 g/mol. The molecule has 1 heterocycles. The summed E-state index contributed by atoms with van der Waals surface area (Å²) in [5.74, 6) is 0.393. The number of hydrogen-bond donors (Lipinski definition) is 0. The number of carbonyl (C=O) groups excluding carboxylic acids is 1. The third kappa shape index (κ3) is 4.06. The van der Waals surface area contributed by atoms with Gasteiger partial charge in [0.05, 0.1) is 5.69 Å². The van der Waals surface area contributed by atoms with Crippen LogP contribution in [0.2, 0.25) is 0 Å². The predicted octanol–water partition coefficient (Wildman–Crippen LogP) is 5.02. The molecule has 0 N–H and O–H groups in total. The third-order valence-corrected chi connectivity index (χ3v) is 4.12. The van der Waals surface area contributed by atoms with Crippen molar-refractivity contribution < 1.29 is 9.53 Å². The van der Waals surface area contributed by atoms with Gasteiger partial charge in [0.15, 0.2) is 0 Å². The molecule has 0 aliphatic rings. The summed E-state index contributed by atoms with van der Waals surface area (Å²) < 4.78 is 7.49. The molecular formula is C23H22N2O2. The van der Waals surface area contributed by atoms with Crippen molar-refractivity contribution >= 4 is 5.97 Å². The number of esters is 1. The lowest BCUT2D eigenvalue weighted by molar-refractivity contribution is -0.140. The van der Waals surface area contributed by atoms with Crippen LogP contribution < -0.4 is 0 Å². The SMILES string of the molecule is C=CCn1c(-c2ccccc2)nc(COC(=O)C(=C)C)c1-c1ccccc1. The molecule has 0 amide bonds. The molecule has 3 rings (SSSR count). The minimum Gasteiger partial charge on any atom is -0.456 e. The second kappa shape index (κ2) is 8.32. The van der Waals surface area contributed by atoms with E-state index in [1.165, 1.54) is 0 Å². The summed E-state index contributed by atoms with van der Waals surface area (Å²) in [4.78, 5) is 16.7. The van der Waals surface area contributed by atoms with Gasteiger partial charge in [0.2, 0.25) is 0 Å². The van der Waals surface area contributed by atoms with Crippen LogP contribution in [0.1, 0.15) is 12.6 Å². The van der Waals surface area contributed by atoms with Crippen molar-refractivity contribution in [1.82, 2.24) is 9.55 Å². The van der Waals surface area contributed by atoms with Crippen molar-refractivity contribution in [2.24, 2.45) is 0 Å². The van der Waals surface area contributed by atoms with E-state index in [4.69, 9.17) is 9.72 Å². The van der Waals surface area contributed by atoms with Crippen molar-refractivity contribution in [2.45, 2.75) is 20.1 Å². The highest BCUT2D eigenvalue weighted by Crippen LogP contribution is 2.31. The molecular weight excluding hydrogens is 336 g/mol. The fraction of sp³-hybridized carbons (Fsp3) is 0.130. The lowest BCUT2D eigenvalue weighted by Gasteiger charge is -2.11. The largest absolute Gasteiger partial charge is 0.456 e. The number of ether oxygens (including phenoxy) is 1. The van der Waals surface area contributed by atoms with Crippen molar-refractivity contribution in [3.05, 3.63) is 91.2 Å². The zero-order chi connectivity index (χ0) is 19.2. The molecule has 0 aliphatic carbocycles. The van der Waals surface area contributed by atoms with Gasteiger partial charge in [-0.2, -0.15) is 0 Å². The van der Waals surface area contributed by atoms with Crippen LogP contribution in [0.15, 0.2) is 85.5 Å². The summed E-state index contributed by atoms with van der Waals surface area (Å²) in [6.07, 6.45) is 1.84. The van der Waals surface area contributed by atoms with Gasteiger partial charge in [-0.25, -0.2) is 9.78 Å². The second-order valence-corrected chi connectivity index (χ2v) is 6.22. The zero-order valence-corrected chi connectivity index (χ0v) is 15.4. The first-order valence-corrected chi connectivity index (χ1v) is 8.75.